The number of rotatable bonds is 10. The number of hydrogen-bond acceptors (Lipinski definition) is 5. The number of piperidine rings is 1. The number of thioether (sulfide) groups is 1. The Morgan fingerprint density at radius 3 is 2.52 bits per heavy atom. The van der Waals surface area contributed by atoms with Crippen LogP contribution in [0.1, 0.15) is 31.2 Å². The zero-order valence-electron chi connectivity index (χ0n) is 17.9. The van der Waals surface area contributed by atoms with E-state index in [1.54, 1.807) is 30.0 Å². The van der Waals surface area contributed by atoms with Gasteiger partial charge in [0, 0.05) is 12.2 Å². The van der Waals surface area contributed by atoms with E-state index in [0.29, 0.717) is 17.9 Å². The van der Waals surface area contributed by atoms with Crippen molar-refractivity contribution in [1.29, 1.82) is 0 Å². The highest BCUT2D eigenvalue weighted by molar-refractivity contribution is 7.98. The average molecular weight is 462 g/mol. The number of hydrogen-bond donors (Lipinski definition) is 2. The van der Waals surface area contributed by atoms with Gasteiger partial charge in [0.05, 0.1) is 4.90 Å². The molecule has 0 aromatic heterocycles. The van der Waals surface area contributed by atoms with Crippen LogP contribution in [0, 0.1) is 0 Å². The molecule has 1 atom stereocenters. The van der Waals surface area contributed by atoms with Crippen molar-refractivity contribution in [1.82, 2.24) is 9.62 Å². The van der Waals surface area contributed by atoms with Crippen LogP contribution in [0.15, 0.2) is 59.5 Å². The third-order valence-electron chi connectivity index (χ3n) is 5.33. The van der Waals surface area contributed by atoms with E-state index in [0.717, 1.165) is 25.2 Å². The molecule has 1 amide bonds. The number of anilines is 1. The minimum absolute atomic E-state index is 0.153. The van der Waals surface area contributed by atoms with E-state index in [-0.39, 0.29) is 10.8 Å². The molecule has 2 aromatic carbocycles. The number of carbonyl (C=O) groups is 1. The first-order valence-electron chi connectivity index (χ1n) is 10.7. The summed E-state index contributed by atoms with van der Waals surface area (Å²) in [6.45, 7) is 3.07. The summed E-state index contributed by atoms with van der Waals surface area (Å²) in [6.07, 6.45) is 6.10. The largest absolute Gasteiger partial charge is 0.325 e. The van der Waals surface area contributed by atoms with Crippen LogP contribution in [0.4, 0.5) is 5.69 Å². The van der Waals surface area contributed by atoms with Crippen molar-refractivity contribution >= 4 is 33.4 Å². The van der Waals surface area contributed by atoms with Crippen molar-refractivity contribution in [2.45, 2.75) is 43.2 Å². The molecule has 0 spiro atoms. The summed E-state index contributed by atoms with van der Waals surface area (Å²) in [4.78, 5) is 15.6. The van der Waals surface area contributed by atoms with Crippen molar-refractivity contribution in [3.63, 3.8) is 0 Å². The van der Waals surface area contributed by atoms with Gasteiger partial charge in [-0.1, -0.05) is 36.8 Å². The van der Waals surface area contributed by atoms with Gasteiger partial charge < -0.3 is 5.32 Å². The summed E-state index contributed by atoms with van der Waals surface area (Å²) < 4.78 is 28.1. The highest BCUT2D eigenvalue weighted by atomic mass is 32.2. The molecular weight excluding hydrogens is 430 g/mol. The predicted octanol–water partition coefficient (Wildman–Crippen LogP) is 3.71. The number of nitrogens with one attached hydrogen (secondary N) is 2. The highest BCUT2D eigenvalue weighted by Gasteiger charge is 2.25. The van der Waals surface area contributed by atoms with Crippen molar-refractivity contribution in [2.75, 3.05) is 30.4 Å². The quantitative estimate of drug-likeness (QED) is 0.564. The van der Waals surface area contributed by atoms with Gasteiger partial charge in [-0.05, 0) is 74.2 Å². The monoisotopic (exact) mass is 461 g/mol. The van der Waals surface area contributed by atoms with Crippen LogP contribution in [0.3, 0.4) is 0 Å². The summed E-state index contributed by atoms with van der Waals surface area (Å²) in [6, 6.07) is 15.1. The van der Waals surface area contributed by atoms with Gasteiger partial charge in [-0.25, -0.2) is 8.42 Å². The molecule has 1 aliphatic rings. The van der Waals surface area contributed by atoms with E-state index in [1.807, 2.05) is 24.5 Å². The molecule has 1 saturated heterocycles. The summed E-state index contributed by atoms with van der Waals surface area (Å²) in [5.41, 5.74) is 1.83. The molecule has 8 heteroatoms. The van der Waals surface area contributed by atoms with Gasteiger partial charge in [0.1, 0.15) is 6.04 Å². The van der Waals surface area contributed by atoms with E-state index < -0.39 is 16.1 Å². The number of sulfonamides is 1. The topological polar surface area (TPSA) is 78.5 Å². The predicted molar refractivity (Wildman–Crippen MR) is 128 cm³/mol. The second kappa shape index (κ2) is 11.7. The SMILES string of the molecule is CSCCC(NS(=O)(=O)c1ccccc1)C(=O)Nc1cccc(CN2CCCCC2)c1. The number of amides is 1. The third-order valence-corrected chi connectivity index (χ3v) is 7.46. The van der Waals surface area contributed by atoms with Crippen LogP contribution >= 0.6 is 11.8 Å². The Morgan fingerprint density at radius 2 is 1.81 bits per heavy atom. The fourth-order valence-corrected chi connectivity index (χ4v) is 5.41. The number of nitrogens with zero attached hydrogens (tertiary/aromatic N) is 1. The van der Waals surface area contributed by atoms with Crippen LogP contribution in [-0.4, -0.2) is 50.4 Å². The second-order valence-corrected chi connectivity index (χ2v) is 10.5. The lowest BCUT2D eigenvalue weighted by molar-refractivity contribution is -0.117. The lowest BCUT2D eigenvalue weighted by atomic mass is 10.1. The zero-order valence-corrected chi connectivity index (χ0v) is 19.6. The minimum Gasteiger partial charge on any atom is -0.325 e. The molecular formula is C23H31N3O3S2. The van der Waals surface area contributed by atoms with Crippen LogP contribution in [0.2, 0.25) is 0 Å². The maximum absolute atomic E-state index is 13.0. The molecule has 2 aromatic rings. The van der Waals surface area contributed by atoms with Gasteiger partial charge in [0.25, 0.3) is 0 Å². The third kappa shape index (κ3) is 7.35. The zero-order chi connectivity index (χ0) is 22.1. The number of benzene rings is 2. The van der Waals surface area contributed by atoms with Crippen molar-refractivity contribution in [2.24, 2.45) is 0 Å². The molecule has 1 unspecified atom stereocenters. The van der Waals surface area contributed by atoms with Gasteiger partial charge in [0.15, 0.2) is 0 Å². The van der Waals surface area contributed by atoms with Crippen LogP contribution < -0.4 is 10.0 Å². The van der Waals surface area contributed by atoms with Crippen molar-refractivity contribution < 1.29 is 13.2 Å². The Bertz CT molecular complexity index is 946. The van der Waals surface area contributed by atoms with Gasteiger partial charge in [-0.15, -0.1) is 0 Å². The van der Waals surface area contributed by atoms with E-state index in [2.05, 4.69) is 21.0 Å². The van der Waals surface area contributed by atoms with Crippen molar-refractivity contribution in [3.8, 4) is 0 Å². The molecule has 0 bridgehead atoms. The maximum atomic E-state index is 13.0. The second-order valence-electron chi connectivity index (χ2n) is 7.79. The van der Waals surface area contributed by atoms with E-state index in [1.165, 1.54) is 31.4 Å². The van der Waals surface area contributed by atoms with E-state index in [9.17, 15) is 13.2 Å². The number of carbonyl (C=O) groups excluding carboxylic acids is 1. The fraction of sp³-hybridized carbons (Fsp3) is 0.435. The standard InChI is InChI=1S/C23H31N3O3S2/c1-30-16-13-22(25-31(28,29)21-11-4-2-5-12-21)23(27)24-20-10-8-9-19(17-20)18-26-14-6-3-7-15-26/h2,4-5,8-12,17,22,25H,3,6-7,13-16,18H2,1H3,(H,24,27). The Kier molecular flexibility index (Phi) is 8.95. The Balaban J connectivity index is 1.68. The Hall–Kier alpha value is -1.87. The lowest BCUT2D eigenvalue weighted by Crippen LogP contribution is -2.44. The molecule has 2 N–H and O–H groups in total. The summed E-state index contributed by atoms with van der Waals surface area (Å²) in [5, 5.41) is 2.91. The summed E-state index contributed by atoms with van der Waals surface area (Å²) >= 11 is 1.58. The first-order chi connectivity index (χ1) is 15.0. The minimum atomic E-state index is -3.78. The van der Waals surface area contributed by atoms with Crippen LogP contribution in [0.25, 0.3) is 0 Å². The molecule has 0 saturated carbocycles. The van der Waals surface area contributed by atoms with E-state index >= 15 is 0 Å². The highest BCUT2D eigenvalue weighted by Crippen LogP contribution is 2.17. The van der Waals surface area contributed by atoms with E-state index in [4.69, 9.17) is 0 Å². The van der Waals surface area contributed by atoms with Crippen LogP contribution in [-0.2, 0) is 21.4 Å². The molecule has 3 rings (SSSR count). The van der Waals surface area contributed by atoms with Gasteiger partial charge >= 0.3 is 0 Å². The molecule has 6 nitrogen and oxygen atoms in total. The molecule has 1 aliphatic heterocycles. The normalized spacial score (nSPS) is 16.0. The van der Waals surface area contributed by atoms with Gasteiger partial charge in [-0.2, -0.15) is 16.5 Å². The number of likely N-dealkylation sites (tertiary alicyclic amines) is 1. The summed E-state index contributed by atoms with van der Waals surface area (Å²) in [5.74, 6) is 0.327. The first kappa shape index (κ1) is 23.8. The maximum Gasteiger partial charge on any atom is 0.242 e. The fourth-order valence-electron chi connectivity index (χ4n) is 3.69. The molecule has 1 heterocycles. The van der Waals surface area contributed by atoms with Crippen LogP contribution in [0.5, 0.6) is 0 Å². The van der Waals surface area contributed by atoms with Crippen molar-refractivity contribution in [3.05, 3.63) is 60.2 Å². The smallest absolute Gasteiger partial charge is 0.242 e. The Labute approximate surface area is 189 Å². The average Bonchev–Trinajstić information content (AvgIpc) is 2.78. The molecule has 168 valence electrons. The summed E-state index contributed by atoms with van der Waals surface area (Å²) in [7, 11) is -3.78. The van der Waals surface area contributed by atoms with Gasteiger partial charge in [-0.3, -0.25) is 9.69 Å². The first-order valence-corrected chi connectivity index (χ1v) is 13.5. The lowest BCUT2D eigenvalue weighted by Gasteiger charge is -2.26. The molecule has 0 aliphatic carbocycles. The molecule has 0 radical (unpaired) electrons. The van der Waals surface area contributed by atoms with Gasteiger partial charge in [0.2, 0.25) is 15.9 Å². The molecule has 1 fully saturated rings. The molecule has 31 heavy (non-hydrogen) atoms. The Morgan fingerprint density at radius 1 is 1.06 bits per heavy atom.